The van der Waals surface area contributed by atoms with Crippen molar-refractivity contribution < 1.29 is 23.8 Å². The number of furan rings is 1. The molecule has 4 aromatic heterocycles. The van der Waals surface area contributed by atoms with Crippen molar-refractivity contribution in [2.24, 2.45) is 0 Å². The first kappa shape index (κ1) is 21.0. The quantitative estimate of drug-likeness (QED) is 0.459. The number of piperidine rings is 2. The van der Waals surface area contributed by atoms with Gasteiger partial charge in [0, 0.05) is 37.8 Å². The molecule has 1 unspecified atom stereocenters. The second kappa shape index (κ2) is 7.74. The number of fused-ring (bicyclic) bond motifs is 5. The predicted molar refractivity (Wildman–Crippen MR) is 123 cm³/mol. The Hall–Kier alpha value is -3.57. The van der Waals surface area contributed by atoms with E-state index in [1.165, 1.54) is 18.3 Å². The van der Waals surface area contributed by atoms with Gasteiger partial charge in [-0.05, 0) is 25.0 Å². The molecule has 11 heteroatoms. The second-order valence-corrected chi connectivity index (χ2v) is 9.72. The van der Waals surface area contributed by atoms with Crippen LogP contribution in [0.3, 0.4) is 0 Å². The topological polar surface area (TPSA) is 122 Å². The highest BCUT2D eigenvalue weighted by molar-refractivity contribution is 7.20. The zero-order valence-corrected chi connectivity index (χ0v) is 19.1. The van der Waals surface area contributed by atoms with Crippen molar-refractivity contribution in [3.63, 3.8) is 0 Å². The fourth-order valence-corrected chi connectivity index (χ4v) is 5.78. The third-order valence-corrected chi connectivity index (χ3v) is 7.58. The van der Waals surface area contributed by atoms with Crippen molar-refractivity contribution in [1.29, 1.82) is 0 Å². The maximum absolute atomic E-state index is 12.3. The molecule has 10 nitrogen and oxygen atoms in total. The largest absolute Gasteiger partial charge is 0.480 e. The van der Waals surface area contributed by atoms with E-state index in [0.717, 1.165) is 4.70 Å². The average molecular weight is 480 g/mol. The van der Waals surface area contributed by atoms with Gasteiger partial charge < -0.3 is 19.2 Å². The molecule has 0 aliphatic carbocycles. The normalized spacial score (nSPS) is 22.5. The van der Waals surface area contributed by atoms with Crippen LogP contribution in [0.4, 0.5) is 0 Å². The van der Waals surface area contributed by atoms with Gasteiger partial charge in [0.1, 0.15) is 16.8 Å². The Morgan fingerprint density at radius 3 is 3.03 bits per heavy atom. The number of thiazole rings is 1. The molecule has 3 aliphatic heterocycles. The van der Waals surface area contributed by atoms with E-state index in [4.69, 9.17) is 9.15 Å². The summed E-state index contributed by atoms with van der Waals surface area (Å²) in [4.78, 5) is 41.0. The molecule has 3 fully saturated rings. The molecule has 4 aromatic rings. The molecule has 1 amide bonds. The monoisotopic (exact) mass is 479 g/mol. The molecule has 0 saturated carbocycles. The summed E-state index contributed by atoms with van der Waals surface area (Å²) in [6, 6.07) is 7.37. The van der Waals surface area contributed by atoms with E-state index in [2.05, 4.69) is 15.0 Å². The molecule has 3 aliphatic rings. The Morgan fingerprint density at radius 2 is 2.24 bits per heavy atom. The lowest BCUT2D eigenvalue weighted by atomic mass is 9.78. The minimum Gasteiger partial charge on any atom is -0.480 e. The van der Waals surface area contributed by atoms with Crippen molar-refractivity contribution >= 4 is 44.7 Å². The maximum atomic E-state index is 12.3. The molecule has 7 heterocycles. The summed E-state index contributed by atoms with van der Waals surface area (Å²) in [5.41, 5.74) is 0.722. The Balaban J connectivity index is 1.24. The molecule has 0 spiro atoms. The van der Waals surface area contributed by atoms with Gasteiger partial charge in [0.25, 0.3) is 5.19 Å². The van der Waals surface area contributed by atoms with Gasteiger partial charge in [0.15, 0.2) is 17.0 Å². The molecule has 0 aromatic carbocycles. The molecule has 7 rings (SSSR count). The van der Waals surface area contributed by atoms with E-state index < -0.39 is 11.5 Å². The average Bonchev–Trinajstić information content (AvgIpc) is 3.41. The number of carbonyl (C=O) groups is 2. The summed E-state index contributed by atoms with van der Waals surface area (Å²) in [5, 5.41) is 10.5. The van der Waals surface area contributed by atoms with E-state index in [0.29, 0.717) is 59.4 Å². The number of aliphatic carboxylic acids is 1. The summed E-state index contributed by atoms with van der Waals surface area (Å²) < 4.78 is 12.8. The Kier molecular flexibility index (Phi) is 4.78. The molecule has 2 atom stereocenters. The number of hydrogen-bond acceptors (Lipinski definition) is 9. The van der Waals surface area contributed by atoms with Crippen LogP contribution in [0.25, 0.3) is 21.4 Å². The minimum atomic E-state index is -1.11. The van der Waals surface area contributed by atoms with Crippen LogP contribution in [0, 0.1) is 0 Å². The highest BCUT2D eigenvalue weighted by Crippen LogP contribution is 2.39. The predicted octanol–water partition coefficient (Wildman–Crippen LogP) is 3.27. The third-order valence-electron chi connectivity index (χ3n) is 6.70. The highest BCUT2D eigenvalue weighted by atomic mass is 32.1. The molecular formula is C23H21N5O5S. The summed E-state index contributed by atoms with van der Waals surface area (Å²) in [6.45, 7) is 2.51. The summed E-state index contributed by atoms with van der Waals surface area (Å²) >= 11 is 1.39. The van der Waals surface area contributed by atoms with Gasteiger partial charge in [0.2, 0.25) is 5.91 Å². The number of amides is 1. The van der Waals surface area contributed by atoms with Crippen molar-refractivity contribution in [2.45, 2.75) is 37.9 Å². The zero-order chi connectivity index (χ0) is 23.4. The van der Waals surface area contributed by atoms with Crippen molar-refractivity contribution in [1.82, 2.24) is 24.8 Å². The number of piperazine rings is 1. The lowest BCUT2D eigenvalue weighted by Crippen LogP contribution is -2.73. The molecule has 3 saturated heterocycles. The summed E-state index contributed by atoms with van der Waals surface area (Å²) in [7, 11) is 0. The van der Waals surface area contributed by atoms with Crippen LogP contribution in [0.15, 0.2) is 41.1 Å². The fourth-order valence-electron chi connectivity index (χ4n) is 4.99. The Morgan fingerprint density at radius 1 is 1.35 bits per heavy atom. The van der Waals surface area contributed by atoms with Crippen molar-refractivity contribution in [3.8, 4) is 10.9 Å². The smallest absolute Gasteiger partial charge is 0.325 e. The number of ether oxygens (including phenoxy) is 1. The van der Waals surface area contributed by atoms with Crippen LogP contribution in [0.2, 0.25) is 0 Å². The van der Waals surface area contributed by atoms with E-state index in [1.54, 1.807) is 23.4 Å². The van der Waals surface area contributed by atoms with Gasteiger partial charge in [-0.25, -0.2) is 9.97 Å². The van der Waals surface area contributed by atoms with Crippen LogP contribution in [-0.2, 0) is 16.1 Å². The van der Waals surface area contributed by atoms with Crippen LogP contribution < -0.4 is 4.74 Å². The van der Waals surface area contributed by atoms with Crippen LogP contribution in [0.1, 0.15) is 25.5 Å². The van der Waals surface area contributed by atoms with E-state index >= 15 is 0 Å². The first-order valence-electron chi connectivity index (χ1n) is 10.9. The fraction of sp³-hybridized carbons (Fsp3) is 0.348. The number of aromatic nitrogens is 3. The van der Waals surface area contributed by atoms with Gasteiger partial charge in [-0.15, -0.1) is 0 Å². The third kappa shape index (κ3) is 3.39. The first-order chi connectivity index (χ1) is 16.4. The van der Waals surface area contributed by atoms with Crippen molar-refractivity contribution in [2.75, 3.05) is 13.1 Å². The summed E-state index contributed by atoms with van der Waals surface area (Å²) in [5.74, 6) is 0.112. The van der Waals surface area contributed by atoms with Gasteiger partial charge in [-0.3, -0.25) is 14.5 Å². The van der Waals surface area contributed by atoms with Crippen LogP contribution in [-0.4, -0.2) is 66.4 Å². The lowest BCUT2D eigenvalue weighted by molar-refractivity contribution is -0.173. The molecular weight excluding hydrogens is 458 g/mol. The summed E-state index contributed by atoms with van der Waals surface area (Å²) in [6.07, 6.45) is 4.48. The van der Waals surface area contributed by atoms with E-state index in [1.807, 2.05) is 23.1 Å². The number of rotatable bonds is 5. The molecule has 174 valence electrons. The zero-order valence-electron chi connectivity index (χ0n) is 18.3. The lowest BCUT2D eigenvalue weighted by Gasteiger charge is -2.56. The van der Waals surface area contributed by atoms with Gasteiger partial charge in [-0.2, -0.15) is 4.98 Å². The maximum Gasteiger partial charge on any atom is 0.325 e. The minimum absolute atomic E-state index is 0.0181. The molecule has 2 bridgehead atoms. The standard InChI is InChI=1S/C23H21N5O5S/c1-13(29)28-12-23(21(30)31)5-4-14(28)10-27(23)11-16-7-17-18(32-16)8-15(9-25-17)33-22-26-20-19(34-22)3-2-6-24-20/h2-3,6-9,14H,4-5,10-12H2,1H3,(H,30,31)/t14-,23?/m0/s1. The van der Waals surface area contributed by atoms with Crippen molar-refractivity contribution in [3.05, 3.63) is 42.4 Å². The number of carbonyl (C=O) groups excluding carboxylic acids is 1. The number of carboxylic acid groups (broad SMARTS) is 1. The number of pyridine rings is 2. The van der Waals surface area contributed by atoms with Gasteiger partial charge in [-0.1, -0.05) is 11.3 Å². The van der Waals surface area contributed by atoms with E-state index in [9.17, 15) is 14.7 Å². The molecule has 34 heavy (non-hydrogen) atoms. The van der Waals surface area contributed by atoms with Gasteiger partial charge in [0.05, 0.1) is 24.0 Å². The number of carboxylic acids is 1. The van der Waals surface area contributed by atoms with Crippen LogP contribution >= 0.6 is 11.3 Å². The number of hydrogen-bond donors (Lipinski definition) is 1. The van der Waals surface area contributed by atoms with E-state index in [-0.39, 0.29) is 18.5 Å². The first-order valence-corrected chi connectivity index (χ1v) is 11.8. The second-order valence-electron chi connectivity index (χ2n) is 8.73. The molecule has 1 N–H and O–H groups in total. The van der Waals surface area contributed by atoms with Crippen LogP contribution in [0.5, 0.6) is 10.9 Å². The Bertz CT molecular complexity index is 1400. The Labute approximate surface area is 197 Å². The molecule has 0 radical (unpaired) electrons. The highest BCUT2D eigenvalue weighted by Gasteiger charge is 2.55. The number of nitrogens with zero attached hydrogens (tertiary/aromatic N) is 5. The SMILES string of the molecule is CC(=O)N1CC2(C(=O)O)CC[C@H]1CN2Cc1cc2ncc(Oc3nc4ncccc4s3)cc2o1. The van der Waals surface area contributed by atoms with Gasteiger partial charge >= 0.3 is 5.97 Å².